The Morgan fingerprint density at radius 1 is 0.971 bits per heavy atom. The van der Waals surface area contributed by atoms with Crippen LogP contribution in [-0.2, 0) is 21.4 Å². The molecule has 0 N–H and O–H groups in total. The van der Waals surface area contributed by atoms with E-state index < -0.39 is 16.1 Å². The Morgan fingerprint density at radius 3 is 2.18 bits per heavy atom. The maximum absolute atomic E-state index is 13.5. The van der Waals surface area contributed by atoms with Crippen LogP contribution in [0.3, 0.4) is 0 Å². The second-order valence-corrected chi connectivity index (χ2v) is 10.3. The summed E-state index contributed by atoms with van der Waals surface area (Å²) in [6.45, 7) is 6.83. The predicted molar refractivity (Wildman–Crippen MR) is 129 cm³/mol. The summed E-state index contributed by atoms with van der Waals surface area (Å²) in [4.78, 5) is 14.8. The van der Waals surface area contributed by atoms with Gasteiger partial charge in [-0.25, -0.2) is 8.42 Å². The van der Waals surface area contributed by atoms with Crippen molar-refractivity contribution >= 4 is 15.9 Å². The number of aryl methyl sites for hydroxylation is 1. The molecule has 1 aliphatic rings. The Hall–Kier alpha value is -3.17. The van der Waals surface area contributed by atoms with Crippen LogP contribution < -0.4 is 4.74 Å². The Bertz CT molecular complexity index is 1230. The molecule has 2 aromatic carbocycles. The molecule has 9 heteroatoms. The Balaban J connectivity index is 1.42. The van der Waals surface area contributed by atoms with Crippen molar-refractivity contribution in [3.63, 3.8) is 0 Å². The normalized spacial score (nSPS) is 15.8. The van der Waals surface area contributed by atoms with E-state index in [2.05, 4.69) is 5.10 Å². The molecule has 0 saturated carbocycles. The van der Waals surface area contributed by atoms with Gasteiger partial charge in [0.05, 0.1) is 17.9 Å². The zero-order valence-corrected chi connectivity index (χ0v) is 20.5. The molecule has 8 nitrogen and oxygen atoms in total. The molecular formula is C25H30N4O4S. The first kappa shape index (κ1) is 24.0. The number of benzene rings is 2. The van der Waals surface area contributed by atoms with Gasteiger partial charge < -0.3 is 9.64 Å². The number of carbonyl (C=O) groups is 1. The minimum absolute atomic E-state index is 0.149. The first-order valence-corrected chi connectivity index (χ1v) is 12.8. The van der Waals surface area contributed by atoms with Crippen molar-refractivity contribution in [1.29, 1.82) is 0 Å². The molecule has 1 atom stereocenters. The SMILES string of the molecule is Cc1nn(Cc2ccccc2)c(C)c1S(=O)(=O)N1CCN(C(=O)[C@@H](C)Oc2ccccc2)CC1. The molecule has 0 spiro atoms. The van der Waals surface area contributed by atoms with Crippen molar-refractivity contribution in [2.75, 3.05) is 26.2 Å². The first-order chi connectivity index (χ1) is 16.3. The monoisotopic (exact) mass is 482 g/mol. The van der Waals surface area contributed by atoms with Crippen molar-refractivity contribution in [2.45, 2.75) is 38.3 Å². The molecule has 180 valence electrons. The minimum Gasteiger partial charge on any atom is -0.481 e. The lowest BCUT2D eigenvalue weighted by atomic mass is 10.2. The molecule has 4 rings (SSSR count). The van der Waals surface area contributed by atoms with E-state index >= 15 is 0 Å². The molecule has 1 aromatic heterocycles. The lowest BCUT2D eigenvalue weighted by Gasteiger charge is -2.35. The van der Waals surface area contributed by atoms with E-state index in [-0.39, 0.29) is 23.9 Å². The fourth-order valence-electron chi connectivity index (χ4n) is 4.25. The number of nitrogens with zero attached hydrogens (tertiary/aromatic N) is 4. The summed E-state index contributed by atoms with van der Waals surface area (Å²) in [6.07, 6.45) is -0.647. The smallest absolute Gasteiger partial charge is 0.263 e. The summed E-state index contributed by atoms with van der Waals surface area (Å²) < 4.78 is 35.9. The maximum atomic E-state index is 13.5. The van der Waals surface area contributed by atoms with Crippen molar-refractivity contribution in [3.05, 3.63) is 77.6 Å². The standard InChI is InChI=1S/C25H30N4O4S/c1-19-24(20(2)29(26-19)18-22-10-6-4-7-11-22)34(31,32)28-16-14-27(15-17-28)25(30)21(3)33-23-12-8-5-9-13-23/h4-13,21H,14-18H2,1-3H3/t21-/m1/s1. The zero-order chi connectivity index (χ0) is 24.3. The molecule has 0 aliphatic carbocycles. The van der Waals surface area contributed by atoms with E-state index in [9.17, 15) is 13.2 Å². The summed E-state index contributed by atoms with van der Waals surface area (Å²) in [5.74, 6) is 0.479. The van der Waals surface area contributed by atoms with Gasteiger partial charge in [0.1, 0.15) is 10.6 Å². The van der Waals surface area contributed by atoms with Crippen LogP contribution in [0.4, 0.5) is 0 Å². The Kier molecular flexibility index (Phi) is 7.04. The van der Waals surface area contributed by atoms with Crippen LogP contribution >= 0.6 is 0 Å². The third kappa shape index (κ3) is 5.00. The number of ether oxygens (including phenoxy) is 1. The molecule has 1 amide bonds. The van der Waals surface area contributed by atoms with Crippen molar-refractivity contribution < 1.29 is 17.9 Å². The molecule has 34 heavy (non-hydrogen) atoms. The average Bonchev–Trinajstić information content (AvgIpc) is 3.13. The van der Waals surface area contributed by atoms with Crippen LogP contribution in [0.1, 0.15) is 23.9 Å². The van der Waals surface area contributed by atoms with E-state index in [0.717, 1.165) is 5.56 Å². The van der Waals surface area contributed by atoms with Gasteiger partial charge in [-0.2, -0.15) is 9.40 Å². The first-order valence-electron chi connectivity index (χ1n) is 11.4. The van der Waals surface area contributed by atoms with E-state index in [1.165, 1.54) is 4.31 Å². The van der Waals surface area contributed by atoms with E-state index in [0.29, 0.717) is 36.8 Å². The van der Waals surface area contributed by atoms with Crippen LogP contribution in [0.15, 0.2) is 65.6 Å². The lowest BCUT2D eigenvalue weighted by Crippen LogP contribution is -2.53. The molecule has 0 unspecified atom stereocenters. The highest BCUT2D eigenvalue weighted by atomic mass is 32.2. The number of aromatic nitrogens is 2. The summed E-state index contributed by atoms with van der Waals surface area (Å²) in [5.41, 5.74) is 2.15. The molecule has 0 radical (unpaired) electrons. The summed E-state index contributed by atoms with van der Waals surface area (Å²) in [5, 5.41) is 4.50. The topological polar surface area (TPSA) is 84.7 Å². The molecule has 3 aromatic rings. The van der Waals surface area contributed by atoms with Gasteiger partial charge in [-0.15, -0.1) is 0 Å². The van der Waals surface area contributed by atoms with Gasteiger partial charge in [0.2, 0.25) is 10.0 Å². The minimum atomic E-state index is -3.73. The average molecular weight is 483 g/mol. The van der Waals surface area contributed by atoms with Gasteiger partial charge in [0, 0.05) is 26.2 Å². The Morgan fingerprint density at radius 2 is 1.56 bits per heavy atom. The van der Waals surface area contributed by atoms with Gasteiger partial charge in [0.15, 0.2) is 6.10 Å². The van der Waals surface area contributed by atoms with Crippen LogP contribution in [0, 0.1) is 13.8 Å². The molecule has 1 fully saturated rings. The number of para-hydroxylation sites is 1. The van der Waals surface area contributed by atoms with Gasteiger partial charge in [-0.1, -0.05) is 48.5 Å². The number of hydrogen-bond acceptors (Lipinski definition) is 5. The number of rotatable bonds is 7. The second-order valence-electron chi connectivity index (χ2n) is 8.45. The third-order valence-electron chi connectivity index (χ3n) is 6.04. The highest BCUT2D eigenvalue weighted by molar-refractivity contribution is 7.89. The van der Waals surface area contributed by atoms with Gasteiger partial charge in [-0.05, 0) is 38.5 Å². The number of amides is 1. The van der Waals surface area contributed by atoms with Crippen LogP contribution in [-0.4, -0.2) is 65.6 Å². The largest absolute Gasteiger partial charge is 0.481 e. The number of carbonyl (C=O) groups excluding carboxylic acids is 1. The second kappa shape index (κ2) is 9.99. The molecule has 0 bridgehead atoms. The van der Waals surface area contributed by atoms with Crippen molar-refractivity contribution in [2.24, 2.45) is 0 Å². The molecule has 2 heterocycles. The number of piperazine rings is 1. The molecule has 1 aliphatic heterocycles. The molecular weight excluding hydrogens is 452 g/mol. The van der Waals surface area contributed by atoms with Crippen molar-refractivity contribution in [3.8, 4) is 5.75 Å². The highest BCUT2D eigenvalue weighted by Gasteiger charge is 2.35. The summed E-state index contributed by atoms with van der Waals surface area (Å²) in [7, 11) is -3.73. The van der Waals surface area contributed by atoms with Crippen LogP contribution in [0.2, 0.25) is 0 Å². The van der Waals surface area contributed by atoms with E-state index in [4.69, 9.17) is 4.74 Å². The summed E-state index contributed by atoms with van der Waals surface area (Å²) >= 11 is 0. The van der Waals surface area contributed by atoms with E-state index in [1.807, 2.05) is 48.5 Å². The van der Waals surface area contributed by atoms with Gasteiger partial charge >= 0.3 is 0 Å². The third-order valence-corrected chi connectivity index (χ3v) is 8.19. The summed E-state index contributed by atoms with van der Waals surface area (Å²) in [6, 6.07) is 19.0. The number of sulfonamides is 1. The molecule has 1 saturated heterocycles. The zero-order valence-electron chi connectivity index (χ0n) is 19.7. The van der Waals surface area contributed by atoms with E-state index in [1.54, 1.807) is 42.5 Å². The van der Waals surface area contributed by atoms with Crippen molar-refractivity contribution in [1.82, 2.24) is 19.0 Å². The maximum Gasteiger partial charge on any atom is 0.263 e. The lowest BCUT2D eigenvalue weighted by molar-refractivity contribution is -0.139. The van der Waals surface area contributed by atoms with Gasteiger partial charge in [0.25, 0.3) is 5.91 Å². The van der Waals surface area contributed by atoms with Crippen LogP contribution in [0.25, 0.3) is 0 Å². The van der Waals surface area contributed by atoms with Crippen LogP contribution in [0.5, 0.6) is 5.75 Å². The Labute approximate surface area is 200 Å². The predicted octanol–water partition coefficient (Wildman–Crippen LogP) is 2.85. The number of hydrogen-bond donors (Lipinski definition) is 0. The highest BCUT2D eigenvalue weighted by Crippen LogP contribution is 2.25. The fourth-order valence-corrected chi connectivity index (χ4v) is 6.05. The van der Waals surface area contributed by atoms with Gasteiger partial charge in [-0.3, -0.25) is 9.48 Å². The fraction of sp³-hybridized carbons (Fsp3) is 0.360. The quantitative estimate of drug-likeness (QED) is 0.517.